The van der Waals surface area contributed by atoms with Gasteiger partial charge in [-0.15, -0.1) is 0 Å². The number of aromatic nitrogens is 1. The third-order valence-corrected chi connectivity index (χ3v) is 6.53. The number of carboxylic acids is 1. The van der Waals surface area contributed by atoms with Crippen molar-refractivity contribution in [2.45, 2.75) is 24.4 Å². The average Bonchev–Trinajstić information content (AvgIpc) is 3.10. The third kappa shape index (κ3) is 3.02. The number of nitrogens with zero attached hydrogens (tertiary/aromatic N) is 1. The fraction of sp³-hybridized carbons (Fsp3) is 0.273. The Labute approximate surface area is 167 Å². The molecule has 0 saturated heterocycles. The number of benzene rings is 2. The second kappa shape index (κ2) is 7.11. The molecule has 1 atom stereocenters. The molecule has 1 aliphatic heterocycles. The molecule has 1 aliphatic rings. The second-order valence-electron chi connectivity index (χ2n) is 7.49. The van der Waals surface area contributed by atoms with Gasteiger partial charge in [-0.2, -0.15) is 0 Å². The van der Waals surface area contributed by atoms with E-state index in [1.165, 1.54) is 38.2 Å². The van der Waals surface area contributed by atoms with Crippen LogP contribution in [-0.2, 0) is 11.2 Å². The number of aryl methyl sites for hydroxylation is 1. The first kappa shape index (κ1) is 18.8. The first-order valence-corrected chi connectivity index (χ1v) is 10.3. The van der Waals surface area contributed by atoms with Crippen LogP contribution in [0.4, 0.5) is 5.69 Å². The number of carboxylic acid groups (broad SMARTS) is 1. The van der Waals surface area contributed by atoms with Gasteiger partial charge in [-0.3, -0.25) is 9.36 Å². The van der Waals surface area contributed by atoms with E-state index in [1.54, 1.807) is 6.07 Å². The zero-order chi connectivity index (χ0) is 20.0. The predicted octanol–water partition coefficient (Wildman–Crippen LogP) is 2.41. The number of hydrogen-bond donors (Lipinski definition) is 2. The van der Waals surface area contributed by atoms with Crippen molar-refractivity contribution in [2.75, 3.05) is 19.8 Å². The van der Waals surface area contributed by atoms with Gasteiger partial charge in [0, 0.05) is 23.8 Å². The van der Waals surface area contributed by atoms with Crippen LogP contribution in [0.5, 0.6) is 0 Å². The molecule has 0 radical (unpaired) electrons. The summed E-state index contributed by atoms with van der Waals surface area (Å²) < 4.78 is 1.45. The highest BCUT2D eigenvalue weighted by atomic mass is 32.2. The molecular weight excluding hydrogens is 372 g/mol. The van der Waals surface area contributed by atoms with E-state index in [-0.39, 0.29) is 5.56 Å². The van der Waals surface area contributed by atoms with Crippen LogP contribution >= 0.6 is 11.8 Å². The lowest BCUT2D eigenvalue weighted by Gasteiger charge is -2.18. The van der Waals surface area contributed by atoms with Crippen molar-refractivity contribution in [3.8, 4) is 0 Å². The molecule has 2 heterocycles. The van der Waals surface area contributed by atoms with Gasteiger partial charge in [-0.05, 0) is 28.8 Å². The van der Waals surface area contributed by atoms with Crippen molar-refractivity contribution in [3.05, 3.63) is 69.5 Å². The Balaban J connectivity index is 1.89. The fourth-order valence-electron chi connectivity index (χ4n) is 4.05. The van der Waals surface area contributed by atoms with E-state index in [2.05, 4.69) is 31.2 Å². The minimum absolute atomic E-state index is 0.233. The molecule has 0 aliphatic carbocycles. The molecule has 144 valence electrons. The summed E-state index contributed by atoms with van der Waals surface area (Å²) in [5.41, 5.74) is 4.14. The molecule has 4 rings (SSSR count). The van der Waals surface area contributed by atoms with Crippen LogP contribution in [0.15, 0.2) is 52.3 Å². The van der Waals surface area contributed by atoms with Crippen molar-refractivity contribution >= 4 is 34.2 Å². The minimum Gasteiger partial charge on any atom is -0.480 e. The van der Waals surface area contributed by atoms with E-state index >= 15 is 0 Å². The van der Waals surface area contributed by atoms with Gasteiger partial charge in [-0.1, -0.05) is 48.2 Å². The van der Waals surface area contributed by atoms with E-state index in [0.29, 0.717) is 12.2 Å². The molecule has 28 heavy (non-hydrogen) atoms. The molecule has 0 bridgehead atoms. The summed E-state index contributed by atoms with van der Waals surface area (Å²) in [7, 11) is 4.04. The molecule has 0 saturated carbocycles. The highest BCUT2D eigenvalue weighted by molar-refractivity contribution is 7.99. The monoisotopic (exact) mass is 395 g/mol. The number of rotatable bonds is 4. The molecule has 0 fully saturated rings. The molecular formula is C22H23N2O3S+. The van der Waals surface area contributed by atoms with Gasteiger partial charge in [-0.25, -0.2) is 4.79 Å². The van der Waals surface area contributed by atoms with Gasteiger partial charge in [0.05, 0.1) is 14.1 Å². The smallest absolute Gasteiger partial charge is 0.327 e. The first-order valence-electron chi connectivity index (χ1n) is 9.30. The number of quaternary nitrogens is 1. The zero-order valence-corrected chi connectivity index (χ0v) is 17.0. The summed E-state index contributed by atoms with van der Waals surface area (Å²) in [5, 5.41) is 12.7. The first-order chi connectivity index (χ1) is 13.4. The second-order valence-corrected chi connectivity index (χ2v) is 8.50. The lowest BCUT2D eigenvalue weighted by Crippen LogP contribution is -3.00. The lowest BCUT2D eigenvalue weighted by molar-refractivity contribution is -0.788. The number of hydrogen-bond acceptors (Lipinski definition) is 3. The lowest BCUT2D eigenvalue weighted by atomic mass is 9.95. The number of fused-ring (bicyclic) bond motifs is 2. The zero-order valence-electron chi connectivity index (χ0n) is 16.2. The fourth-order valence-corrected chi connectivity index (χ4v) is 5.49. The summed E-state index contributed by atoms with van der Waals surface area (Å²) in [6.07, 6.45) is 0.642. The topological polar surface area (TPSA) is 63.7 Å². The summed E-state index contributed by atoms with van der Waals surface area (Å²) in [6, 6.07) is 13.4. The molecule has 5 nitrogen and oxygen atoms in total. The van der Waals surface area contributed by atoms with E-state index in [1.807, 2.05) is 26.2 Å². The summed E-state index contributed by atoms with van der Waals surface area (Å²) in [5.74, 6) is -0.563. The highest BCUT2D eigenvalue weighted by Crippen LogP contribution is 2.38. The van der Waals surface area contributed by atoms with Crippen LogP contribution in [0, 0.1) is 6.92 Å². The minimum atomic E-state index is -0.953. The number of aliphatic carboxylic acids is 1. The normalized spacial score (nSPS) is 15.9. The Morgan fingerprint density at radius 3 is 2.57 bits per heavy atom. The number of pyridine rings is 1. The molecule has 0 spiro atoms. The quantitative estimate of drug-likeness (QED) is 0.712. The van der Waals surface area contributed by atoms with Crippen LogP contribution in [0.1, 0.15) is 22.7 Å². The van der Waals surface area contributed by atoms with Gasteiger partial charge in [0.15, 0.2) is 5.69 Å². The SMILES string of the molecule is Cc1ccc(Cc2cc(=O)n3c(c2[NH+](C)C)SC[C@H]3C(=O)O)c2ccccc12. The van der Waals surface area contributed by atoms with Crippen molar-refractivity contribution in [1.82, 2.24) is 4.57 Å². The van der Waals surface area contributed by atoms with Crippen LogP contribution in [0.2, 0.25) is 0 Å². The maximum absolute atomic E-state index is 12.8. The van der Waals surface area contributed by atoms with Gasteiger partial charge in [0.2, 0.25) is 0 Å². The Morgan fingerprint density at radius 1 is 1.18 bits per heavy atom. The molecule has 0 unspecified atom stereocenters. The predicted molar refractivity (Wildman–Crippen MR) is 112 cm³/mol. The van der Waals surface area contributed by atoms with Crippen molar-refractivity contribution in [2.24, 2.45) is 0 Å². The van der Waals surface area contributed by atoms with E-state index in [0.717, 1.165) is 21.2 Å². The summed E-state index contributed by atoms with van der Waals surface area (Å²) in [6.45, 7) is 2.10. The Morgan fingerprint density at radius 2 is 1.89 bits per heavy atom. The maximum atomic E-state index is 12.8. The molecule has 2 N–H and O–H groups in total. The largest absolute Gasteiger partial charge is 0.480 e. The Bertz CT molecular complexity index is 1150. The molecule has 2 aromatic carbocycles. The highest BCUT2D eigenvalue weighted by Gasteiger charge is 2.35. The van der Waals surface area contributed by atoms with Crippen LogP contribution < -0.4 is 10.5 Å². The van der Waals surface area contributed by atoms with Crippen molar-refractivity contribution < 1.29 is 14.8 Å². The van der Waals surface area contributed by atoms with Crippen LogP contribution in [0.3, 0.4) is 0 Å². The number of nitrogens with one attached hydrogen (secondary N) is 1. The molecule has 6 heteroatoms. The summed E-state index contributed by atoms with van der Waals surface area (Å²) >= 11 is 1.47. The number of carbonyl (C=O) groups is 1. The average molecular weight is 396 g/mol. The van der Waals surface area contributed by atoms with Gasteiger partial charge < -0.3 is 10.0 Å². The van der Waals surface area contributed by atoms with Crippen molar-refractivity contribution in [1.29, 1.82) is 0 Å². The van der Waals surface area contributed by atoms with Gasteiger partial charge in [0.1, 0.15) is 11.1 Å². The summed E-state index contributed by atoms with van der Waals surface area (Å²) in [4.78, 5) is 25.5. The van der Waals surface area contributed by atoms with E-state index < -0.39 is 12.0 Å². The van der Waals surface area contributed by atoms with Crippen LogP contribution in [-0.4, -0.2) is 35.5 Å². The molecule has 3 aromatic rings. The van der Waals surface area contributed by atoms with Gasteiger partial charge >= 0.3 is 5.97 Å². The standard InChI is InChI=1S/C22H22N2O3S/c1-13-8-9-14(17-7-5-4-6-16(13)17)10-15-11-19(25)24-18(22(26)27)12-28-21(24)20(15)23(2)3/h4-9,11,18H,10,12H2,1-3H3,(H,26,27)/p+1/t18-/m0/s1. The van der Waals surface area contributed by atoms with Crippen LogP contribution in [0.25, 0.3) is 10.8 Å². The molecule has 0 amide bonds. The van der Waals surface area contributed by atoms with Crippen molar-refractivity contribution in [3.63, 3.8) is 0 Å². The van der Waals surface area contributed by atoms with E-state index in [9.17, 15) is 14.7 Å². The Hall–Kier alpha value is -2.57. The van der Waals surface area contributed by atoms with Gasteiger partial charge in [0.25, 0.3) is 5.56 Å². The molecule has 1 aromatic heterocycles. The third-order valence-electron chi connectivity index (χ3n) is 5.38. The number of thioether (sulfide) groups is 1. The Kier molecular flexibility index (Phi) is 4.77. The van der Waals surface area contributed by atoms with E-state index in [4.69, 9.17) is 0 Å². The maximum Gasteiger partial charge on any atom is 0.327 e.